The summed E-state index contributed by atoms with van der Waals surface area (Å²) in [5.41, 5.74) is 1.79. The van der Waals surface area contributed by atoms with Crippen LogP contribution in [0.15, 0.2) is 18.3 Å². The molecule has 0 aliphatic rings. The number of anilines is 1. The minimum Gasteiger partial charge on any atom is -0.354 e. The average Bonchev–Trinajstić information content (AvgIpc) is 2.73. The van der Waals surface area contributed by atoms with Crippen LogP contribution in [0.4, 0.5) is 5.82 Å². The molecule has 2 aromatic rings. The molecule has 0 aromatic carbocycles. The van der Waals surface area contributed by atoms with E-state index in [1.165, 1.54) is 0 Å². The number of imidazole rings is 1. The van der Waals surface area contributed by atoms with Crippen LogP contribution < -0.4 is 5.32 Å². The van der Waals surface area contributed by atoms with E-state index in [0.717, 1.165) is 30.0 Å². The number of fused-ring (bicyclic) bond motifs is 1. The Morgan fingerprint density at radius 2 is 2.28 bits per heavy atom. The largest absolute Gasteiger partial charge is 0.354 e. The van der Waals surface area contributed by atoms with Crippen molar-refractivity contribution >= 4 is 23.1 Å². The van der Waals surface area contributed by atoms with Crippen LogP contribution in [-0.4, -0.2) is 15.4 Å². The first kappa shape index (κ1) is 12.7. The number of hydrogen-bond donors (Lipinski definition) is 1. The Morgan fingerprint density at radius 3 is 2.89 bits per heavy atom. The Labute approximate surface area is 111 Å². The Kier molecular flexibility index (Phi) is 3.73. The minimum absolute atomic E-state index is 0.214. The third-order valence-electron chi connectivity index (χ3n) is 2.86. The summed E-state index contributed by atoms with van der Waals surface area (Å²) < 4.78 is 1.90. The summed E-state index contributed by atoms with van der Waals surface area (Å²) in [5.74, 6) is 0.864. The zero-order chi connectivity index (χ0) is 13.1. The van der Waals surface area contributed by atoms with Gasteiger partial charge in [-0.3, -0.25) is 4.40 Å². The van der Waals surface area contributed by atoms with E-state index in [1.54, 1.807) is 0 Å². The topological polar surface area (TPSA) is 53.1 Å². The van der Waals surface area contributed by atoms with Gasteiger partial charge in [0.2, 0.25) is 0 Å². The molecule has 0 amide bonds. The van der Waals surface area contributed by atoms with E-state index in [4.69, 9.17) is 16.9 Å². The summed E-state index contributed by atoms with van der Waals surface area (Å²) >= 11 is 6.01. The molecule has 0 fully saturated rings. The fraction of sp³-hybridized carbons (Fsp3) is 0.385. The molecule has 1 N–H and O–H groups in total. The third kappa shape index (κ3) is 2.27. The second kappa shape index (κ2) is 5.28. The lowest BCUT2D eigenvalue weighted by Gasteiger charge is -2.11. The fourth-order valence-electron chi connectivity index (χ4n) is 1.86. The van der Waals surface area contributed by atoms with Crippen LogP contribution >= 0.6 is 11.6 Å². The lowest BCUT2D eigenvalue weighted by molar-refractivity contribution is 0.832. The maximum Gasteiger partial charge on any atom is 0.138 e. The van der Waals surface area contributed by atoms with Gasteiger partial charge in [-0.05, 0) is 25.0 Å². The number of rotatable bonds is 4. The first-order valence-corrected chi connectivity index (χ1v) is 6.40. The van der Waals surface area contributed by atoms with Crippen LogP contribution in [-0.2, 0) is 6.42 Å². The number of aryl methyl sites for hydroxylation is 1. The van der Waals surface area contributed by atoms with Gasteiger partial charge in [-0.1, -0.05) is 25.4 Å². The summed E-state index contributed by atoms with van der Waals surface area (Å²) in [4.78, 5) is 4.53. The van der Waals surface area contributed by atoms with Crippen LogP contribution in [0, 0.1) is 11.3 Å². The van der Waals surface area contributed by atoms with Gasteiger partial charge in [-0.25, -0.2) is 4.98 Å². The number of nitrogens with one attached hydrogen (secondary N) is 1. The van der Waals surface area contributed by atoms with Crippen molar-refractivity contribution in [2.24, 2.45) is 0 Å². The molecule has 0 spiro atoms. The molecule has 2 heterocycles. The molecule has 0 aliphatic heterocycles. The smallest absolute Gasteiger partial charge is 0.138 e. The summed E-state index contributed by atoms with van der Waals surface area (Å²) in [7, 11) is 0. The first-order valence-electron chi connectivity index (χ1n) is 6.02. The lowest BCUT2D eigenvalue weighted by atomic mass is 10.2. The van der Waals surface area contributed by atoms with E-state index in [-0.39, 0.29) is 6.04 Å². The van der Waals surface area contributed by atoms with E-state index in [9.17, 15) is 0 Å². The molecule has 0 radical (unpaired) electrons. The van der Waals surface area contributed by atoms with Crippen LogP contribution in [0.3, 0.4) is 0 Å². The number of halogens is 1. The van der Waals surface area contributed by atoms with Crippen molar-refractivity contribution in [3.05, 3.63) is 29.0 Å². The Hall–Kier alpha value is -1.73. The van der Waals surface area contributed by atoms with E-state index in [0.29, 0.717) is 5.02 Å². The highest BCUT2D eigenvalue weighted by atomic mass is 35.5. The SMILES string of the molecule is CCc1nc2ccc(Cl)cn2c1NC(C#N)CC. The summed E-state index contributed by atoms with van der Waals surface area (Å²) in [6, 6.07) is 5.71. The van der Waals surface area contributed by atoms with Crippen LogP contribution in [0.25, 0.3) is 5.65 Å². The molecule has 94 valence electrons. The van der Waals surface area contributed by atoms with Gasteiger partial charge in [0.05, 0.1) is 16.8 Å². The van der Waals surface area contributed by atoms with E-state index < -0.39 is 0 Å². The van der Waals surface area contributed by atoms with Gasteiger partial charge in [0.25, 0.3) is 0 Å². The van der Waals surface area contributed by atoms with Gasteiger partial charge in [0.1, 0.15) is 17.5 Å². The van der Waals surface area contributed by atoms with Crippen molar-refractivity contribution < 1.29 is 0 Å². The summed E-state index contributed by atoms with van der Waals surface area (Å²) in [5, 5.41) is 12.9. The Morgan fingerprint density at radius 1 is 1.50 bits per heavy atom. The van der Waals surface area contributed by atoms with Gasteiger partial charge < -0.3 is 5.32 Å². The molecule has 1 atom stereocenters. The Bertz CT molecular complexity index is 597. The van der Waals surface area contributed by atoms with Crippen molar-refractivity contribution in [1.29, 1.82) is 5.26 Å². The van der Waals surface area contributed by atoms with Gasteiger partial charge in [0, 0.05) is 6.20 Å². The molecule has 0 bridgehead atoms. The molecule has 0 saturated heterocycles. The van der Waals surface area contributed by atoms with Crippen LogP contribution in [0.2, 0.25) is 5.02 Å². The molecule has 18 heavy (non-hydrogen) atoms. The highest BCUT2D eigenvalue weighted by Crippen LogP contribution is 2.22. The van der Waals surface area contributed by atoms with Crippen LogP contribution in [0.5, 0.6) is 0 Å². The second-order valence-corrected chi connectivity index (χ2v) is 4.51. The van der Waals surface area contributed by atoms with Crippen molar-refractivity contribution in [3.63, 3.8) is 0 Å². The highest BCUT2D eigenvalue weighted by molar-refractivity contribution is 6.30. The fourth-order valence-corrected chi connectivity index (χ4v) is 2.02. The standard InChI is InChI=1S/C13H15ClN4/c1-3-10(7-15)16-13-11(4-2)17-12-6-5-9(14)8-18(12)13/h5-6,8,10,16H,3-4H2,1-2H3. The molecule has 1 unspecified atom stereocenters. The molecule has 2 rings (SSSR count). The first-order chi connectivity index (χ1) is 8.69. The molecule has 4 nitrogen and oxygen atoms in total. The Balaban J connectivity index is 2.52. The van der Waals surface area contributed by atoms with Crippen molar-refractivity contribution in [2.75, 3.05) is 5.32 Å². The number of nitrogens with zero attached hydrogens (tertiary/aromatic N) is 3. The monoisotopic (exact) mass is 262 g/mol. The second-order valence-electron chi connectivity index (χ2n) is 4.07. The normalized spacial score (nSPS) is 12.3. The maximum atomic E-state index is 9.05. The minimum atomic E-state index is -0.214. The molecular formula is C13H15ClN4. The third-order valence-corrected chi connectivity index (χ3v) is 3.09. The molecule has 0 aliphatic carbocycles. The number of aromatic nitrogens is 2. The lowest BCUT2D eigenvalue weighted by Crippen LogP contribution is -2.17. The van der Waals surface area contributed by atoms with Gasteiger partial charge >= 0.3 is 0 Å². The molecular weight excluding hydrogens is 248 g/mol. The van der Waals surface area contributed by atoms with Crippen molar-refractivity contribution in [3.8, 4) is 6.07 Å². The van der Waals surface area contributed by atoms with E-state index >= 15 is 0 Å². The zero-order valence-corrected chi connectivity index (χ0v) is 11.2. The van der Waals surface area contributed by atoms with Gasteiger partial charge in [0.15, 0.2) is 0 Å². The molecule has 2 aromatic heterocycles. The quantitative estimate of drug-likeness (QED) is 0.920. The maximum absolute atomic E-state index is 9.05. The predicted molar refractivity (Wildman–Crippen MR) is 72.9 cm³/mol. The summed E-state index contributed by atoms with van der Waals surface area (Å²) in [6.07, 6.45) is 3.37. The average molecular weight is 263 g/mol. The van der Waals surface area contributed by atoms with E-state index in [2.05, 4.69) is 16.4 Å². The number of nitriles is 1. The summed E-state index contributed by atoms with van der Waals surface area (Å²) in [6.45, 7) is 4.02. The number of hydrogen-bond acceptors (Lipinski definition) is 3. The molecule has 5 heteroatoms. The number of pyridine rings is 1. The zero-order valence-electron chi connectivity index (χ0n) is 10.4. The predicted octanol–water partition coefficient (Wildman–Crippen LogP) is 3.26. The van der Waals surface area contributed by atoms with Gasteiger partial charge in [-0.2, -0.15) is 5.26 Å². The van der Waals surface area contributed by atoms with Crippen molar-refractivity contribution in [1.82, 2.24) is 9.38 Å². The molecule has 0 saturated carbocycles. The van der Waals surface area contributed by atoms with E-state index in [1.807, 2.05) is 36.6 Å². The van der Waals surface area contributed by atoms with Crippen LogP contribution in [0.1, 0.15) is 26.0 Å². The van der Waals surface area contributed by atoms with Gasteiger partial charge in [-0.15, -0.1) is 0 Å². The highest BCUT2D eigenvalue weighted by Gasteiger charge is 2.14. The van der Waals surface area contributed by atoms with Crippen molar-refractivity contribution in [2.45, 2.75) is 32.7 Å².